The predicted octanol–water partition coefficient (Wildman–Crippen LogP) is 4.72. The predicted molar refractivity (Wildman–Crippen MR) is 96.8 cm³/mol. The molecule has 1 saturated carbocycles. The van der Waals surface area contributed by atoms with E-state index in [2.05, 4.69) is 36.3 Å². The van der Waals surface area contributed by atoms with Crippen LogP contribution in [0.5, 0.6) is 0 Å². The highest BCUT2D eigenvalue weighted by Crippen LogP contribution is 2.34. The molecule has 2 heterocycles. The van der Waals surface area contributed by atoms with Crippen LogP contribution in [-0.4, -0.2) is 31.7 Å². The largest absolute Gasteiger partial charge is 0.367 e. The van der Waals surface area contributed by atoms with Crippen molar-refractivity contribution in [2.24, 2.45) is 0 Å². The third kappa shape index (κ3) is 4.34. The molecule has 0 radical (unpaired) electrons. The molecule has 25 heavy (non-hydrogen) atoms. The van der Waals surface area contributed by atoms with E-state index in [1.807, 2.05) is 32.9 Å². The summed E-state index contributed by atoms with van der Waals surface area (Å²) in [4.78, 5) is 9.18. The monoisotopic (exact) mass is 413 g/mol. The molecule has 1 unspecified atom stereocenters. The molecule has 0 aliphatic heterocycles. The Morgan fingerprint density at radius 2 is 1.92 bits per heavy atom. The molecule has 2 aromatic heterocycles. The van der Waals surface area contributed by atoms with Gasteiger partial charge in [-0.05, 0) is 39.7 Å². The molecule has 0 saturated heterocycles. The first kappa shape index (κ1) is 18.2. The lowest BCUT2D eigenvalue weighted by molar-refractivity contribution is -0.0361. The molecular weight excluding hydrogens is 392 g/mol. The summed E-state index contributed by atoms with van der Waals surface area (Å²) in [5.74, 6) is -1.40. The highest BCUT2D eigenvalue weighted by atomic mass is 79.9. The molecule has 1 aliphatic carbocycles. The lowest BCUT2D eigenvalue weighted by Gasteiger charge is -2.29. The minimum atomic E-state index is -2.53. The van der Waals surface area contributed by atoms with Crippen LogP contribution in [-0.2, 0) is 0 Å². The van der Waals surface area contributed by atoms with Crippen LogP contribution in [0.3, 0.4) is 0 Å². The molecule has 1 fully saturated rings. The standard InChI is InChI=1S/C17H22BrF2N5/c1-10-8-11(2)25(24-10)16-22-14(12(3)18)9-15(23-16)21-13-4-6-17(19,20)7-5-13/h8-9,12-13H,4-7H2,1-3H3,(H,21,22,23). The minimum absolute atomic E-state index is 0.00121. The quantitative estimate of drug-likeness (QED) is 0.736. The summed E-state index contributed by atoms with van der Waals surface area (Å²) in [6.45, 7) is 5.85. The number of hydrogen-bond donors (Lipinski definition) is 1. The van der Waals surface area contributed by atoms with Crippen molar-refractivity contribution >= 4 is 21.7 Å². The van der Waals surface area contributed by atoms with E-state index in [1.54, 1.807) is 4.68 Å². The van der Waals surface area contributed by atoms with Crippen LogP contribution in [0.1, 0.15) is 54.5 Å². The van der Waals surface area contributed by atoms with E-state index >= 15 is 0 Å². The second-order valence-corrected chi connectivity index (χ2v) is 8.08. The Hall–Kier alpha value is -1.57. The fourth-order valence-electron chi connectivity index (χ4n) is 3.05. The molecule has 1 aliphatic rings. The first-order chi connectivity index (χ1) is 11.7. The van der Waals surface area contributed by atoms with E-state index < -0.39 is 5.92 Å². The van der Waals surface area contributed by atoms with Gasteiger partial charge >= 0.3 is 0 Å². The SMILES string of the molecule is Cc1cc(C)n(-c2nc(NC3CCC(F)(F)CC3)cc(C(C)Br)n2)n1. The highest BCUT2D eigenvalue weighted by molar-refractivity contribution is 9.09. The maximum absolute atomic E-state index is 13.3. The fraction of sp³-hybridized carbons (Fsp3) is 0.588. The van der Waals surface area contributed by atoms with Crippen molar-refractivity contribution in [1.82, 2.24) is 19.7 Å². The van der Waals surface area contributed by atoms with Crippen LogP contribution in [0.2, 0.25) is 0 Å². The molecule has 5 nitrogen and oxygen atoms in total. The molecule has 3 rings (SSSR count). The number of hydrogen-bond acceptors (Lipinski definition) is 4. The van der Waals surface area contributed by atoms with Crippen molar-refractivity contribution in [3.63, 3.8) is 0 Å². The van der Waals surface area contributed by atoms with Gasteiger partial charge in [-0.25, -0.2) is 18.4 Å². The Bertz CT molecular complexity index is 749. The molecule has 0 aromatic carbocycles. The van der Waals surface area contributed by atoms with Gasteiger partial charge in [0.1, 0.15) is 5.82 Å². The Kier molecular flexibility index (Phi) is 5.09. The van der Waals surface area contributed by atoms with Crippen LogP contribution in [0.15, 0.2) is 12.1 Å². The molecule has 1 N–H and O–H groups in total. The molecule has 1 atom stereocenters. The third-order valence-corrected chi connectivity index (χ3v) is 4.88. The number of anilines is 1. The van der Waals surface area contributed by atoms with Crippen molar-refractivity contribution < 1.29 is 8.78 Å². The zero-order valence-corrected chi connectivity index (χ0v) is 16.1. The lowest BCUT2D eigenvalue weighted by atomic mass is 9.92. The normalized spacial score (nSPS) is 19.0. The maximum atomic E-state index is 13.3. The van der Waals surface area contributed by atoms with Crippen molar-refractivity contribution in [1.29, 1.82) is 0 Å². The Morgan fingerprint density at radius 1 is 1.24 bits per heavy atom. The average molecular weight is 414 g/mol. The molecule has 0 amide bonds. The van der Waals surface area contributed by atoms with Crippen LogP contribution < -0.4 is 5.32 Å². The van der Waals surface area contributed by atoms with Gasteiger partial charge in [0.05, 0.1) is 16.2 Å². The summed E-state index contributed by atoms with van der Waals surface area (Å²) >= 11 is 3.54. The first-order valence-electron chi connectivity index (χ1n) is 8.44. The van der Waals surface area contributed by atoms with Crippen molar-refractivity contribution in [2.75, 3.05) is 5.32 Å². The van der Waals surface area contributed by atoms with Gasteiger partial charge in [0.25, 0.3) is 5.95 Å². The molecular formula is C17H22BrF2N5. The Labute approximate surface area is 154 Å². The van der Waals surface area contributed by atoms with Gasteiger partial charge in [-0.1, -0.05) is 15.9 Å². The molecule has 0 spiro atoms. The van der Waals surface area contributed by atoms with Gasteiger partial charge in [-0.3, -0.25) is 0 Å². The topological polar surface area (TPSA) is 55.6 Å². The second kappa shape index (κ2) is 6.97. The van der Waals surface area contributed by atoms with E-state index in [0.29, 0.717) is 24.6 Å². The van der Waals surface area contributed by atoms with E-state index in [4.69, 9.17) is 0 Å². The van der Waals surface area contributed by atoms with Crippen LogP contribution in [0, 0.1) is 13.8 Å². The maximum Gasteiger partial charge on any atom is 0.253 e. The third-order valence-electron chi connectivity index (χ3n) is 4.41. The number of aryl methyl sites for hydroxylation is 2. The van der Waals surface area contributed by atoms with Crippen molar-refractivity contribution in [3.05, 3.63) is 29.2 Å². The number of aromatic nitrogens is 4. The number of halogens is 3. The van der Waals surface area contributed by atoms with Crippen molar-refractivity contribution in [2.45, 2.75) is 63.2 Å². The smallest absolute Gasteiger partial charge is 0.253 e. The number of rotatable bonds is 4. The van der Waals surface area contributed by atoms with Gasteiger partial charge in [0.2, 0.25) is 5.92 Å². The number of nitrogens with one attached hydrogen (secondary N) is 1. The fourth-order valence-corrected chi connectivity index (χ4v) is 3.28. The summed E-state index contributed by atoms with van der Waals surface area (Å²) < 4.78 is 28.4. The molecule has 8 heteroatoms. The summed E-state index contributed by atoms with van der Waals surface area (Å²) in [5, 5.41) is 7.74. The van der Waals surface area contributed by atoms with Crippen LogP contribution in [0.25, 0.3) is 5.95 Å². The zero-order chi connectivity index (χ0) is 18.2. The Balaban J connectivity index is 1.87. The van der Waals surface area contributed by atoms with E-state index in [0.717, 1.165) is 17.1 Å². The van der Waals surface area contributed by atoms with E-state index in [1.165, 1.54) is 0 Å². The highest BCUT2D eigenvalue weighted by Gasteiger charge is 2.35. The zero-order valence-electron chi connectivity index (χ0n) is 14.6. The number of nitrogens with zero attached hydrogens (tertiary/aromatic N) is 4. The minimum Gasteiger partial charge on any atom is -0.367 e. The summed E-state index contributed by atoms with van der Waals surface area (Å²) in [7, 11) is 0. The van der Waals surface area contributed by atoms with Gasteiger partial charge < -0.3 is 5.32 Å². The van der Waals surface area contributed by atoms with Crippen LogP contribution >= 0.6 is 15.9 Å². The summed E-state index contributed by atoms with van der Waals surface area (Å²) in [5.41, 5.74) is 2.66. The summed E-state index contributed by atoms with van der Waals surface area (Å²) in [6, 6.07) is 3.83. The summed E-state index contributed by atoms with van der Waals surface area (Å²) in [6.07, 6.45) is 0.709. The van der Waals surface area contributed by atoms with Gasteiger partial charge in [-0.15, -0.1) is 0 Å². The van der Waals surface area contributed by atoms with Crippen LogP contribution in [0.4, 0.5) is 14.6 Å². The molecule has 2 aromatic rings. The van der Waals surface area contributed by atoms with Crippen molar-refractivity contribution in [3.8, 4) is 5.95 Å². The van der Waals surface area contributed by atoms with E-state index in [9.17, 15) is 8.78 Å². The first-order valence-corrected chi connectivity index (χ1v) is 9.36. The van der Waals surface area contributed by atoms with Gasteiger partial charge in [-0.2, -0.15) is 10.1 Å². The molecule has 136 valence electrons. The van der Waals surface area contributed by atoms with Gasteiger partial charge in [0, 0.05) is 30.6 Å². The second-order valence-electron chi connectivity index (χ2n) is 6.71. The van der Waals surface area contributed by atoms with E-state index in [-0.39, 0.29) is 23.7 Å². The van der Waals surface area contributed by atoms with Gasteiger partial charge in [0.15, 0.2) is 0 Å². The Morgan fingerprint density at radius 3 is 2.48 bits per heavy atom. The average Bonchev–Trinajstić information content (AvgIpc) is 2.88. The molecule has 0 bridgehead atoms. The lowest BCUT2D eigenvalue weighted by Crippen LogP contribution is -2.32. The number of alkyl halides is 3.